The molecule has 1 aliphatic carbocycles. The van der Waals surface area contributed by atoms with E-state index in [2.05, 4.69) is 10.5 Å². The molecule has 2 heterocycles. The fraction of sp³-hybridized carbons (Fsp3) is 0.450. The van der Waals surface area contributed by atoms with Crippen LogP contribution in [0.4, 0.5) is 5.88 Å². The normalized spacial score (nSPS) is 17.0. The van der Waals surface area contributed by atoms with Crippen LogP contribution in [-0.2, 0) is 15.1 Å². The van der Waals surface area contributed by atoms with Crippen molar-refractivity contribution >= 4 is 17.8 Å². The number of hydrogen-bond donors (Lipinski definition) is 2. The van der Waals surface area contributed by atoms with Gasteiger partial charge in [-0.25, -0.2) is 4.79 Å². The summed E-state index contributed by atoms with van der Waals surface area (Å²) < 4.78 is 21.1. The third-order valence-electron chi connectivity index (χ3n) is 5.36. The van der Waals surface area contributed by atoms with E-state index in [-0.39, 0.29) is 17.4 Å². The number of esters is 1. The molecule has 9 nitrogen and oxygen atoms in total. The predicted octanol–water partition coefficient (Wildman–Crippen LogP) is 2.08. The average Bonchev–Trinajstić information content (AvgIpc) is 3.33. The van der Waals surface area contributed by atoms with Gasteiger partial charge in [-0.1, -0.05) is 24.1 Å². The zero-order valence-electron chi connectivity index (χ0n) is 16.2. The lowest BCUT2D eigenvalue weighted by atomic mass is 9.87. The Labute approximate surface area is 167 Å². The molecular weight excluding hydrogens is 378 g/mol. The molecule has 1 aromatic carbocycles. The van der Waals surface area contributed by atoms with Crippen LogP contribution in [0.25, 0.3) is 0 Å². The number of benzene rings is 1. The van der Waals surface area contributed by atoms with Crippen LogP contribution in [0.3, 0.4) is 0 Å². The summed E-state index contributed by atoms with van der Waals surface area (Å²) in [7, 11) is 0. The van der Waals surface area contributed by atoms with Crippen LogP contribution in [0, 0.1) is 6.92 Å². The maximum atomic E-state index is 12.6. The molecule has 2 aromatic rings. The SMILES string of the molecule is Cc1noc(N)c1C(=O)OCC(=O)NC1(c2ccc3c(c2)OCCO3)CCCC1. The fourth-order valence-electron chi connectivity index (χ4n) is 3.95. The molecule has 1 saturated carbocycles. The molecule has 1 aromatic heterocycles. The predicted molar refractivity (Wildman–Crippen MR) is 102 cm³/mol. The first-order valence-electron chi connectivity index (χ1n) is 9.58. The van der Waals surface area contributed by atoms with Crippen molar-refractivity contribution in [2.45, 2.75) is 38.1 Å². The molecule has 154 valence electrons. The number of hydrogen-bond acceptors (Lipinski definition) is 8. The van der Waals surface area contributed by atoms with Gasteiger partial charge in [-0.2, -0.15) is 0 Å². The Bertz CT molecular complexity index is 913. The third kappa shape index (κ3) is 3.72. The first-order valence-corrected chi connectivity index (χ1v) is 9.58. The molecule has 29 heavy (non-hydrogen) atoms. The Morgan fingerprint density at radius 1 is 1.21 bits per heavy atom. The summed E-state index contributed by atoms with van der Waals surface area (Å²) in [6.45, 7) is 2.17. The maximum Gasteiger partial charge on any atom is 0.346 e. The minimum absolute atomic E-state index is 0.0419. The molecule has 0 atom stereocenters. The highest BCUT2D eigenvalue weighted by Gasteiger charge is 2.38. The van der Waals surface area contributed by atoms with Crippen molar-refractivity contribution in [2.24, 2.45) is 0 Å². The van der Waals surface area contributed by atoms with E-state index < -0.39 is 18.1 Å². The molecule has 4 rings (SSSR count). The van der Waals surface area contributed by atoms with Crippen LogP contribution in [-0.4, -0.2) is 36.9 Å². The molecular formula is C20H23N3O6. The number of fused-ring (bicyclic) bond motifs is 1. The second-order valence-electron chi connectivity index (χ2n) is 7.28. The summed E-state index contributed by atoms with van der Waals surface area (Å²) in [5.41, 5.74) is 6.37. The van der Waals surface area contributed by atoms with Crippen molar-refractivity contribution in [3.63, 3.8) is 0 Å². The van der Waals surface area contributed by atoms with Crippen LogP contribution in [0.1, 0.15) is 47.3 Å². The molecule has 3 N–H and O–H groups in total. The second kappa shape index (κ2) is 7.65. The number of carbonyl (C=O) groups excluding carboxylic acids is 2. The standard InChI is InChI=1S/C20H23N3O6/c1-12-17(18(21)29-23-12)19(25)28-11-16(24)22-20(6-2-3-7-20)13-4-5-14-15(10-13)27-9-8-26-14/h4-5,10H,2-3,6-9,11,21H2,1H3,(H,22,24). The number of nitrogens with two attached hydrogens (primary N) is 1. The molecule has 0 spiro atoms. The fourth-order valence-corrected chi connectivity index (χ4v) is 3.95. The van der Waals surface area contributed by atoms with Gasteiger partial charge in [-0.15, -0.1) is 0 Å². The maximum absolute atomic E-state index is 12.6. The smallest absolute Gasteiger partial charge is 0.346 e. The van der Waals surface area contributed by atoms with Crippen LogP contribution in [0.2, 0.25) is 0 Å². The van der Waals surface area contributed by atoms with Crippen LogP contribution >= 0.6 is 0 Å². The van der Waals surface area contributed by atoms with Crippen molar-refractivity contribution < 1.29 is 28.3 Å². The van der Waals surface area contributed by atoms with Crippen molar-refractivity contribution in [3.05, 3.63) is 35.0 Å². The summed E-state index contributed by atoms with van der Waals surface area (Å²) in [4.78, 5) is 24.8. The summed E-state index contributed by atoms with van der Waals surface area (Å²) in [5.74, 6) is 0.129. The van der Waals surface area contributed by atoms with Gasteiger partial charge in [-0.05, 0) is 37.5 Å². The summed E-state index contributed by atoms with van der Waals surface area (Å²) >= 11 is 0. The number of aromatic nitrogens is 1. The molecule has 1 fully saturated rings. The van der Waals surface area contributed by atoms with Gasteiger partial charge in [0, 0.05) is 0 Å². The topological polar surface area (TPSA) is 126 Å². The van der Waals surface area contributed by atoms with E-state index in [1.807, 2.05) is 18.2 Å². The van der Waals surface area contributed by atoms with E-state index in [1.54, 1.807) is 6.92 Å². The highest BCUT2D eigenvalue weighted by atomic mass is 16.6. The number of anilines is 1. The minimum Gasteiger partial charge on any atom is -0.486 e. The molecule has 0 saturated heterocycles. The lowest BCUT2D eigenvalue weighted by Gasteiger charge is -2.32. The number of amides is 1. The zero-order valence-corrected chi connectivity index (χ0v) is 16.2. The summed E-state index contributed by atoms with van der Waals surface area (Å²) in [5, 5.41) is 6.67. The van der Waals surface area contributed by atoms with Gasteiger partial charge in [0.1, 0.15) is 18.8 Å². The Morgan fingerprint density at radius 2 is 1.93 bits per heavy atom. The minimum atomic E-state index is -0.740. The molecule has 0 bridgehead atoms. The van der Waals surface area contributed by atoms with Crippen LogP contribution in [0.5, 0.6) is 11.5 Å². The third-order valence-corrected chi connectivity index (χ3v) is 5.36. The van der Waals surface area contributed by atoms with Gasteiger partial charge < -0.3 is 29.8 Å². The Morgan fingerprint density at radius 3 is 2.62 bits per heavy atom. The number of nitrogen functional groups attached to an aromatic ring is 1. The zero-order chi connectivity index (χ0) is 20.4. The van der Waals surface area contributed by atoms with Gasteiger partial charge in [0.25, 0.3) is 5.91 Å². The molecule has 0 unspecified atom stereocenters. The average molecular weight is 401 g/mol. The lowest BCUT2D eigenvalue weighted by Crippen LogP contribution is -2.45. The van der Waals surface area contributed by atoms with E-state index in [4.69, 9.17) is 24.5 Å². The van der Waals surface area contributed by atoms with E-state index in [0.29, 0.717) is 30.4 Å². The highest BCUT2D eigenvalue weighted by molar-refractivity contribution is 5.96. The Balaban J connectivity index is 1.45. The van der Waals surface area contributed by atoms with E-state index >= 15 is 0 Å². The van der Waals surface area contributed by atoms with Crippen molar-refractivity contribution in [1.29, 1.82) is 0 Å². The van der Waals surface area contributed by atoms with Gasteiger partial charge in [0.15, 0.2) is 18.1 Å². The molecule has 1 aliphatic heterocycles. The van der Waals surface area contributed by atoms with Gasteiger partial charge in [-0.3, -0.25) is 4.79 Å². The lowest BCUT2D eigenvalue weighted by molar-refractivity contribution is -0.126. The van der Waals surface area contributed by atoms with E-state index in [0.717, 1.165) is 31.2 Å². The first kappa shape index (κ1) is 19.1. The van der Waals surface area contributed by atoms with Crippen LogP contribution < -0.4 is 20.5 Å². The van der Waals surface area contributed by atoms with Crippen molar-refractivity contribution in [3.8, 4) is 11.5 Å². The Hall–Kier alpha value is -3.23. The number of rotatable bonds is 5. The largest absolute Gasteiger partial charge is 0.486 e. The number of carbonyl (C=O) groups is 2. The number of ether oxygens (including phenoxy) is 3. The van der Waals surface area contributed by atoms with Gasteiger partial charge >= 0.3 is 5.97 Å². The van der Waals surface area contributed by atoms with Crippen molar-refractivity contribution in [2.75, 3.05) is 25.6 Å². The quantitative estimate of drug-likeness (QED) is 0.730. The Kier molecular flexibility index (Phi) is 5.04. The van der Waals surface area contributed by atoms with E-state index in [9.17, 15) is 9.59 Å². The number of nitrogens with zero attached hydrogens (tertiary/aromatic N) is 1. The number of nitrogens with one attached hydrogen (secondary N) is 1. The first-order chi connectivity index (χ1) is 14.0. The number of aryl methyl sites for hydroxylation is 1. The molecule has 9 heteroatoms. The van der Waals surface area contributed by atoms with Gasteiger partial charge in [0.05, 0.1) is 11.2 Å². The van der Waals surface area contributed by atoms with Crippen molar-refractivity contribution in [1.82, 2.24) is 10.5 Å². The van der Waals surface area contributed by atoms with Gasteiger partial charge in [0.2, 0.25) is 5.88 Å². The van der Waals surface area contributed by atoms with E-state index in [1.165, 1.54) is 0 Å². The molecule has 2 aliphatic rings. The second-order valence-corrected chi connectivity index (χ2v) is 7.28. The molecule has 0 radical (unpaired) electrons. The highest BCUT2D eigenvalue weighted by Crippen LogP contribution is 2.42. The summed E-state index contributed by atoms with van der Waals surface area (Å²) in [6.07, 6.45) is 3.57. The molecule has 1 amide bonds. The monoisotopic (exact) mass is 401 g/mol. The van der Waals surface area contributed by atoms with Crippen LogP contribution in [0.15, 0.2) is 22.7 Å². The summed E-state index contributed by atoms with van der Waals surface area (Å²) in [6, 6.07) is 5.74.